The number of alkyl halides is 3. The van der Waals surface area contributed by atoms with Crippen molar-refractivity contribution >= 4 is 34.7 Å². The standard InChI is InChI=1S/C30H30ClF3N4O4/c1-15-11-17(12-16(2)24(15)29(39)40)13-38(3)22-9-10-23(36-28(22)30(32,33)34)41-14-19-26(37-42-27(19)18-7-8-18)25-20(31)5-4-6-21(25)35/h4-6,9-12,18-19,27H,7-8,13-14,35H2,1-3H3,(H,39,40). The lowest BCUT2D eigenvalue weighted by Gasteiger charge is -2.24. The van der Waals surface area contributed by atoms with E-state index in [4.69, 9.17) is 26.9 Å². The third-order valence-corrected chi connectivity index (χ3v) is 7.89. The maximum atomic E-state index is 14.2. The molecule has 0 amide bonds. The first kappa shape index (κ1) is 29.5. The molecule has 1 saturated carbocycles. The van der Waals surface area contributed by atoms with Crippen LogP contribution in [0, 0.1) is 25.7 Å². The Hall–Kier alpha value is -3.99. The lowest BCUT2D eigenvalue weighted by Crippen LogP contribution is -2.32. The molecule has 3 N–H and O–H groups in total. The predicted molar refractivity (Wildman–Crippen MR) is 153 cm³/mol. The zero-order chi connectivity index (χ0) is 30.3. The number of hydrogen-bond acceptors (Lipinski definition) is 7. The number of hydrogen-bond donors (Lipinski definition) is 2. The highest BCUT2D eigenvalue weighted by atomic mass is 35.5. The van der Waals surface area contributed by atoms with Crippen LogP contribution in [0.3, 0.4) is 0 Å². The number of anilines is 2. The second-order valence-corrected chi connectivity index (χ2v) is 11.2. The van der Waals surface area contributed by atoms with Gasteiger partial charge in [0.05, 0.1) is 22.2 Å². The average molecular weight is 603 g/mol. The lowest BCUT2D eigenvalue weighted by atomic mass is 9.90. The van der Waals surface area contributed by atoms with Crippen molar-refractivity contribution in [3.05, 3.63) is 81.0 Å². The van der Waals surface area contributed by atoms with E-state index in [0.29, 0.717) is 38.7 Å². The number of rotatable bonds is 9. The summed E-state index contributed by atoms with van der Waals surface area (Å²) in [5.41, 5.74) is 8.31. The molecule has 1 fully saturated rings. The molecule has 0 saturated heterocycles. The van der Waals surface area contributed by atoms with Crippen LogP contribution in [-0.2, 0) is 17.6 Å². The van der Waals surface area contributed by atoms with Gasteiger partial charge in [-0.05, 0) is 67.5 Å². The molecule has 2 unspecified atom stereocenters. The lowest BCUT2D eigenvalue weighted by molar-refractivity contribution is -0.140. The molecule has 1 aliphatic carbocycles. The monoisotopic (exact) mass is 602 g/mol. The highest BCUT2D eigenvalue weighted by Gasteiger charge is 2.46. The third kappa shape index (κ3) is 5.97. The first-order valence-corrected chi connectivity index (χ1v) is 13.8. The number of carbonyl (C=O) groups is 1. The van der Waals surface area contributed by atoms with Crippen LogP contribution in [-0.4, -0.2) is 41.5 Å². The van der Waals surface area contributed by atoms with Gasteiger partial charge in [0.2, 0.25) is 5.88 Å². The van der Waals surface area contributed by atoms with E-state index in [9.17, 15) is 23.1 Å². The molecule has 1 aromatic heterocycles. The summed E-state index contributed by atoms with van der Waals surface area (Å²) in [5.74, 6) is -1.39. The fourth-order valence-corrected chi connectivity index (χ4v) is 5.80. The summed E-state index contributed by atoms with van der Waals surface area (Å²) in [6.45, 7) is 3.40. The van der Waals surface area contributed by atoms with Crippen molar-refractivity contribution in [2.24, 2.45) is 17.0 Å². The van der Waals surface area contributed by atoms with Crippen LogP contribution in [0.4, 0.5) is 24.5 Å². The van der Waals surface area contributed by atoms with E-state index in [2.05, 4.69) is 10.1 Å². The minimum atomic E-state index is -4.76. The summed E-state index contributed by atoms with van der Waals surface area (Å²) in [4.78, 5) is 22.5. The molecule has 0 radical (unpaired) electrons. The summed E-state index contributed by atoms with van der Waals surface area (Å²) >= 11 is 6.42. The van der Waals surface area contributed by atoms with Gasteiger partial charge in [0.25, 0.3) is 0 Å². The maximum Gasteiger partial charge on any atom is 0.435 e. The number of nitrogens with two attached hydrogens (primary N) is 1. The first-order chi connectivity index (χ1) is 19.8. The van der Waals surface area contributed by atoms with Crippen LogP contribution in [0.2, 0.25) is 5.02 Å². The van der Waals surface area contributed by atoms with Gasteiger partial charge in [-0.3, -0.25) is 0 Å². The van der Waals surface area contributed by atoms with Crippen molar-refractivity contribution in [2.75, 3.05) is 24.3 Å². The van der Waals surface area contributed by atoms with Gasteiger partial charge in [-0.15, -0.1) is 0 Å². The van der Waals surface area contributed by atoms with E-state index in [1.165, 1.54) is 24.1 Å². The molecule has 0 spiro atoms. The Morgan fingerprint density at radius 3 is 2.48 bits per heavy atom. The van der Waals surface area contributed by atoms with Gasteiger partial charge in [0.15, 0.2) is 5.69 Å². The predicted octanol–water partition coefficient (Wildman–Crippen LogP) is 6.50. The molecule has 2 aliphatic rings. The summed E-state index contributed by atoms with van der Waals surface area (Å²) in [5, 5.41) is 14.1. The number of oxime groups is 1. The molecule has 2 aromatic carbocycles. The summed E-state index contributed by atoms with van der Waals surface area (Å²) < 4.78 is 48.5. The quantitative estimate of drug-likeness (QED) is 0.269. The fourth-order valence-electron chi connectivity index (χ4n) is 5.52. The summed E-state index contributed by atoms with van der Waals surface area (Å²) in [6, 6.07) is 11.1. The number of carboxylic acid groups (broad SMARTS) is 1. The second-order valence-electron chi connectivity index (χ2n) is 10.8. The van der Waals surface area contributed by atoms with Gasteiger partial charge in [-0.1, -0.05) is 35.0 Å². The van der Waals surface area contributed by atoms with E-state index in [0.717, 1.165) is 12.8 Å². The van der Waals surface area contributed by atoms with Crippen molar-refractivity contribution in [3.63, 3.8) is 0 Å². The Labute approximate surface area is 245 Å². The number of benzene rings is 2. The smallest absolute Gasteiger partial charge is 0.435 e. The number of nitrogen functional groups attached to an aromatic ring is 1. The topological polar surface area (TPSA) is 110 Å². The zero-order valence-electron chi connectivity index (χ0n) is 23.2. The van der Waals surface area contributed by atoms with Crippen molar-refractivity contribution < 1.29 is 32.6 Å². The van der Waals surface area contributed by atoms with Crippen LogP contribution in [0.15, 0.2) is 47.6 Å². The number of nitrogens with zero attached hydrogens (tertiary/aromatic N) is 3. The SMILES string of the molecule is Cc1cc(CN(C)c2ccc(OCC3C(c4c(N)cccc4Cl)=NOC3C3CC3)nc2C(F)(F)F)cc(C)c1C(=O)O. The molecule has 1 aliphatic heterocycles. The van der Waals surface area contributed by atoms with Gasteiger partial charge in [-0.25, -0.2) is 9.78 Å². The summed E-state index contributed by atoms with van der Waals surface area (Å²) in [6.07, 6.45) is -3.15. The Bertz CT molecular complexity index is 1510. The molecular formula is C30H30ClF3N4O4. The number of aromatic carboxylic acids is 1. The summed E-state index contributed by atoms with van der Waals surface area (Å²) in [7, 11) is 1.52. The molecular weight excluding hydrogens is 573 g/mol. The molecule has 8 nitrogen and oxygen atoms in total. The van der Waals surface area contributed by atoms with Gasteiger partial charge in [0, 0.05) is 30.9 Å². The van der Waals surface area contributed by atoms with Gasteiger partial charge >= 0.3 is 12.1 Å². The second kappa shape index (κ2) is 11.4. The normalized spacial score (nSPS) is 18.4. The van der Waals surface area contributed by atoms with E-state index in [1.807, 2.05) is 0 Å². The Morgan fingerprint density at radius 1 is 1.19 bits per heavy atom. The van der Waals surface area contributed by atoms with Crippen LogP contribution >= 0.6 is 11.6 Å². The first-order valence-electron chi connectivity index (χ1n) is 13.4. The highest BCUT2D eigenvalue weighted by Crippen LogP contribution is 2.43. The number of ether oxygens (including phenoxy) is 1. The molecule has 0 bridgehead atoms. The van der Waals surface area contributed by atoms with E-state index in [-0.39, 0.29) is 42.3 Å². The molecule has 3 aromatic rings. The Kier molecular flexibility index (Phi) is 7.98. The van der Waals surface area contributed by atoms with Crippen LogP contribution in [0.5, 0.6) is 5.88 Å². The molecule has 12 heteroatoms. The number of carboxylic acids is 1. The van der Waals surface area contributed by atoms with E-state index < -0.39 is 23.8 Å². The minimum Gasteiger partial charge on any atom is -0.478 e. The zero-order valence-corrected chi connectivity index (χ0v) is 24.0. The Balaban J connectivity index is 1.38. The van der Waals surface area contributed by atoms with Crippen molar-refractivity contribution in [3.8, 4) is 5.88 Å². The number of halogens is 4. The Morgan fingerprint density at radius 2 is 1.88 bits per heavy atom. The number of pyridine rings is 1. The van der Waals surface area contributed by atoms with Crippen LogP contribution < -0.4 is 15.4 Å². The highest BCUT2D eigenvalue weighted by molar-refractivity contribution is 6.35. The van der Waals surface area contributed by atoms with Gasteiger partial charge < -0.3 is 25.3 Å². The molecule has 2 heterocycles. The van der Waals surface area contributed by atoms with Crippen molar-refractivity contribution in [2.45, 2.75) is 45.5 Å². The van der Waals surface area contributed by atoms with Crippen LogP contribution in [0.25, 0.3) is 0 Å². The number of aromatic nitrogens is 1. The van der Waals surface area contributed by atoms with Crippen molar-refractivity contribution in [1.82, 2.24) is 4.98 Å². The van der Waals surface area contributed by atoms with Crippen molar-refractivity contribution in [1.29, 1.82) is 0 Å². The van der Waals surface area contributed by atoms with E-state index >= 15 is 0 Å². The minimum absolute atomic E-state index is 0.0291. The largest absolute Gasteiger partial charge is 0.478 e. The van der Waals surface area contributed by atoms with E-state index in [1.54, 1.807) is 44.2 Å². The maximum absolute atomic E-state index is 14.2. The third-order valence-electron chi connectivity index (χ3n) is 7.57. The molecule has 42 heavy (non-hydrogen) atoms. The number of aryl methyl sites for hydroxylation is 2. The molecule has 222 valence electrons. The molecule has 2 atom stereocenters. The average Bonchev–Trinajstić information content (AvgIpc) is 3.66. The molecule has 5 rings (SSSR count). The van der Waals surface area contributed by atoms with Crippen LogP contribution in [0.1, 0.15) is 51.1 Å². The van der Waals surface area contributed by atoms with Gasteiger partial charge in [0.1, 0.15) is 18.4 Å². The fraction of sp³-hybridized carbons (Fsp3) is 0.367. The van der Waals surface area contributed by atoms with Gasteiger partial charge in [-0.2, -0.15) is 13.2 Å².